The van der Waals surface area contributed by atoms with Crippen molar-refractivity contribution >= 4 is 0 Å². The third-order valence-electron chi connectivity index (χ3n) is 3.28. The van der Waals surface area contributed by atoms with Gasteiger partial charge in [-0.25, -0.2) is 4.98 Å². The minimum absolute atomic E-state index is 0.125. The zero-order chi connectivity index (χ0) is 17.3. The average molecular weight is 337 g/mol. The number of aromatic nitrogens is 1. The average Bonchev–Trinajstić information content (AvgIpc) is 2.68. The molecule has 0 atom stereocenters. The first kappa shape index (κ1) is 16.8. The van der Waals surface area contributed by atoms with Crippen molar-refractivity contribution in [1.82, 2.24) is 4.98 Å². The van der Waals surface area contributed by atoms with E-state index in [0.29, 0.717) is 23.1 Å². The van der Waals surface area contributed by atoms with Crippen LogP contribution in [0.2, 0.25) is 0 Å². The molecule has 2 aromatic carbocycles. The molecule has 0 radical (unpaired) electrons. The molecule has 0 saturated heterocycles. The van der Waals surface area contributed by atoms with Crippen molar-refractivity contribution in [1.29, 1.82) is 0 Å². The van der Waals surface area contributed by atoms with Crippen LogP contribution in [-0.4, -0.2) is 18.9 Å². The predicted molar refractivity (Wildman–Crippen MR) is 93.6 cm³/mol. The summed E-state index contributed by atoms with van der Waals surface area (Å²) in [7, 11) is 1.56. The van der Waals surface area contributed by atoms with E-state index in [4.69, 9.17) is 18.9 Å². The first-order valence-electron chi connectivity index (χ1n) is 7.87. The molecule has 0 fully saturated rings. The molecular formula is C20H19NO4. The lowest BCUT2D eigenvalue weighted by atomic mass is 10.3. The van der Waals surface area contributed by atoms with Crippen LogP contribution in [0.5, 0.6) is 17.4 Å². The summed E-state index contributed by atoms with van der Waals surface area (Å²) in [4.78, 5) is 4.45. The van der Waals surface area contributed by atoms with Crippen LogP contribution in [0, 0.1) is 0 Å². The highest BCUT2D eigenvalue weighted by atomic mass is 16.7. The summed E-state index contributed by atoms with van der Waals surface area (Å²) in [5.74, 6) is 1.82. The summed E-state index contributed by atoms with van der Waals surface area (Å²) >= 11 is 0. The van der Waals surface area contributed by atoms with Gasteiger partial charge in [-0.3, -0.25) is 0 Å². The van der Waals surface area contributed by atoms with Crippen molar-refractivity contribution in [3.63, 3.8) is 0 Å². The third-order valence-corrected chi connectivity index (χ3v) is 3.28. The smallest absolute Gasteiger partial charge is 0.284 e. The second-order valence-corrected chi connectivity index (χ2v) is 5.15. The lowest BCUT2D eigenvalue weighted by molar-refractivity contribution is -0.00128. The summed E-state index contributed by atoms with van der Waals surface area (Å²) in [5.41, 5.74) is 0.598. The number of methoxy groups -OCH3 is 1. The molecule has 1 heterocycles. The highest BCUT2D eigenvalue weighted by Crippen LogP contribution is 2.25. The Morgan fingerprint density at radius 3 is 1.92 bits per heavy atom. The van der Waals surface area contributed by atoms with Gasteiger partial charge in [-0.05, 0) is 30.3 Å². The van der Waals surface area contributed by atoms with Crippen molar-refractivity contribution in [3.8, 4) is 17.4 Å². The molecule has 5 heteroatoms. The molecule has 1 aromatic heterocycles. The van der Waals surface area contributed by atoms with Crippen molar-refractivity contribution in [2.75, 3.05) is 13.9 Å². The molecule has 0 spiro atoms. The fourth-order valence-corrected chi connectivity index (χ4v) is 2.15. The standard InChI is InChI=1S/C20H19NO4/c1-22-15-23-19-14-8-13-18(21-19)20(24-16-9-4-2-5-10-16)25-17-11-6-3-7-12-17/h2-14,20H,15H2,1H3. The van der Waals surface area contributed by atoms with Gasteiger partial charge in [0.1, 0.15) is 17.2 Å². The van der Waals surface area contributed by atoms with Crippen LogP contribution < -0.4 is 14.2 Å². The molecule has 0 aliphatic rings. The number of hydrogen-bond donors (Lipinski definition) is 0. The Hall–Kier alpha value is -3.05. The van der Waals surface area contributed by atoms with Gasteiger partial charge in [0.05, 0.1) is 0 Å². The quantitative estimate of drug-likeness (QED) is 0.576. The Labute approximate surface area is 146 Å². The van der Waals surface area contributed by atoms with Gasteiger partial charge in [0.2, 0.25) is 5.88 Å². The van der Waals surface area contributed by atoms with Crippen molar-refractivity contribution in [2.24, 2.45) is 0 Å². The molecule has 0 saturated carbocycles. The number of ether oxygens (including phenoxy) is 4. The van der Waals surface area contributed by atoms with Crippen LogP contribution in [0.25, 0.3) is 0 Å². The second-order valence-electron chi connectivity index (χ2n) is 5.15. The Kier molecular flexibility index (Phi) is 5.85. The van der Waals surface area contributed by atoms with Crippen LogP contribution in [0.3, 0.4) is 0 Å². The van der Waals surface area contributed by atoms with Crippen molar-refractivity contribution in [3.05, 3.63) is 84.6 Å². The monoisotopic (exact) mass is 337 g/mol. The molecule has 25 heavy (non-hydrogen) atoms. The van der Waals surface area contributed by atoms with Gasteiger partial charge in [-0.15, -0.1) is 0 Å². The summed E-state index contributed by atoms with van der Waals surface area (Å²) in [5, 5.41) is 0. The zero-order valence-corrected chi connectivity index (χ0v) is 13.9. The molecule has 0 amide bonds. The normalized spacial score (nSPS) is 10.5. The van der Waals surface area contributed by atoms with Gasteiger partial charge in [0.25, 0.3) is 6.29 Å². The summed E-state index contributed by atoms with van der Waals surface area (Å²) in [6, 6.07) is 24.4. The largest absolute Gasteiger partial charge is 0.451 e. The van der Waals surface area contributed by atoms with E-state index in [2.05, 4.69) is 4.98 Å². The minimum atomic E-state index is -0.712. The van der Waals surface area contributed by atoms with Crippen molar-refractivity contribution < 1.29 is 18.9 Å². The molecule has 0 unspecified atom stereocenters. The van der Waals surface area contributed by atoms with Crippen LogP contribution in [0.4, 0.5) is 0 Å². The van der Waals surface area contributed by atoms with Gasteiger partial charge >= 0.3 is 0 Å². The third kappa shape index (κ3) is 4.96. The maximum absolute atomic E-state index is 5.99. The number of rotatable bonds is 8. The highest BCUT2D eigenvalue weighted by Gasteiger charge is 2.18. The van der Waals surface area contributed by atoms with Crippen LogP contribution in [0.15, 0.2) is 78.9 Å². The van der Waals surface area contributed by atoms with Crippen LogP contribution in [-0.2, 0) is 4.74 Å². The van der Waals surface area contributed by atoms with Gasteiger partial charge < -0.3 is 18.9 Å². The molecule has 0 N–H and O–H groups in total. The van der Waals surface area contributed by atoms with Crippen LogP contribution in [0.1, 0.15) is 12.0 Å². The van der Waals surface area contributed by atoms with Gasteiger partial charge in [-0.2, -0.15) is 0 Å². The summed E-state index contributed by atoms with van der Waals surface area (Å²) < 4.78 is 22.3. The van der Waals surface area contributed by atoms with E-state index in [9.17, 15) is 0 Å². The van der Waals surface area contributed by atoms with E-state index in [1.807, 2.05) is 72.8 Å². The van der Waals surface area contributed by atoms with E-state index in [0.717, 1.165) is 0 Å². The van der Waals surface area contributed by atoms with E-state index < -0.39 is 6.29 Å². The Bertz CT molecular complexity index is 723. The first-order chi connectivity index (χ1) is 12.3. The molecule has 128 valence electrons. The molecular weight excluding hydrogens is 318 g/mol. The van der Waals surface area contributed by atoms with Gasteiger partial charge in [-0.1, -0.05) is 42.5 Å². The first-order valence-corrected chi connectivity index (χ1v) is 7.87. The molecule has 0 aliphatic heterocycles. The maximum Gasteiger partial charge on any atom is 0.284 e. The Balaban J connectivity index is 1.84. The molecule has 3 rings (SSSR count). The molecule has 0 aliphatic carbocycles. The highest BCUT2D eigenvalue weighted by molar-refractivity contribution is 5.25. The van der Waals surface area contributed by atoms with Gasteiger partial charge in [0, 0.05) is 13.2 Å². The fourth-order valence-electron chi connectivity index (χ4n) is 2.15. The molecule has 0 bridgehead atoms. The minimum Gasteiger partial charge on any atom is -0.451 e. The van der Waals surface area contributed by atoms with E-state index in [-0.39, 0.29) is 6.79 Å². The number of para-hydroxylation sites is 2. The lowest BCUT2D eigenvalue weighted by Crippen LogP contribution is -2.17. The predicted octanol–water partition coefficient (Wildman–Crippen LogP) is 4.22. The SMILES string of the molecule is COCOc1cccc(C(Oc2ccccc2)Oc2ccccc2)n1. The van der Waals surface area contributed by atoms with Crippen molar-refractivity contribution in [2.45, 2.75) is 6.29 Å². The van der Waals surface area contributed by atoms with E-state index in [1.54, 1.807) is 13.2 Å². The summed E-state index contributed by atoms with van der Waals surface area (Å²) in [6.07, 6.45) is -0.712. The number of benzene rings is 2. The molecule has 3 aromatic rings. The number of hydrogen-bond acceptors (Lipinski definition) is 5. The Morgan fingerprint density at radius 2 is 1.36 bits per heavy atom. The fraction of sp³-hybridized carbons (Fsp3) is 0.150. The maximum atomic E-state index is 5.99. The number of pyridine rings is 1. The molecule has 5 nitrogen and oxygen atoms in total. The van der Waals surface area contributed by atoms with Gasteiger partial charge in [0.15, 0.2) is 6.79 Å². The van der Waals surface area contributed by atoms with Crippen LogP contribution >= 0.6 is 0 Å². The van der Waals surface area contributed by atoms with E-state index in [1.165, 1.54) is 0 Å². The number of nitrogens with zero attached hydrogens (tertiary/aromatic N) is 1. The topological polar surface area (TPSA) is 49.8 Å². The van der Waals surface area contributed by atoms with E-state index >= 15 is 0 Å². The zero-order valence-electron chi connectivity index (χ0n) is 13.9. The summed E-state index contributed by atoms with van der Waals surface area (Å²) in [6.45, 7) is 0.125. The Morgan fingerprint density at radius 1 is 0.760 bits per heavy atom. The second kappa shape index (κ2) is 8.70. The lowest BCUT2D eigenvalue weighted by Gasteiger charge is -2.20.